The highest BCUT2D eigenvalue weighted by Gasteiger charge is 2.33. The van der Waals surface area contributed by atoms with Gasteiger partial charge in [0.25, 0.3) is 10.2 Å². The van der Waals surface area contributed by atoms with Crippen molar-refractivity contribution in [3.8, 4) is 0 Å². The number of piperidine rings is 1. The molecule has 6 nitrogen and oxygen atoms in total. The third kappa shape index (κ3) is 3.64. The van der Waals surface area contributed by atoms with Gasteiger partial charge in [0, 0.05) is 32.5 Å². The van der Waals surface area contributed by atoms with E-state index in [1.807, 2.05) is 13.8 Å². The second-order valence-electron chi connectivity index (χ2n) is 6.06. The molecule has 126 valence electrons. The normalized spacial score (nSPS) is 24.3. The fraction of sp³-hybridized carbons (Fsp3) is 0.769. The molecule has 0 bridgehead atoms. The molecule has 0 spiro atoms. The zero-order chi connectivity index (χ0) is 16.5. The third-order valence-electron chi connectivity index (χ3n) is 3.88. The van der Waals surface area contributed by atoms with Crippen LogP contribution in [0, 0.1) is 11.8 Å². The van der Waals surface area contributed by atoms with Crippen LogP contribution >= 0.6 is 0 Å². The Morgan fingerprint density at radius 3 is 2.50 bits per heavy atom. The molecular formula is C13H22F2N4O2S. The van der Waals surface area contributed by atoms with Crippen molar-refractivity contribution < 1.29 is 17.2 Å². The Balaban J connectivity index is 2.13. The zero-order valence-electron chi connectivity index (χ0n) is 13.0. The summed E-state index contributed by atoms with van der Waals surface area (Å²) in [6.45, 7) is 2.03. The maximum absolute atomic E-state index is 12.8. The molecule has 0 radical (unpaired) electrons. The van der Waals surface area contributed by atoms with E-state index >= 15 is 0 Å². The summed E-state index contributed by atoms with van der Waals surface area (Å²) in [5.74, 6) is 0.601. The van der Waals surface area contributed by atoms with Crippen LogP contribution in [0.15, 0.2) is 12.4 Å². The van der Waals surface area contributed by atoms with Crippen molar-refractivity contribution in [2.75, 3.05) is 20.1 Å². The number of aromatic nitrogens is 2. The number of imidazole rings is 1. The second-order valence-corrected chi connectivity index (χ2v) is 8.09. The van der Waals surface area contributed by atoms with Gasteiger partial charge in [-0.25, -0.2) is 4.98 Å². The minimum Gasteiger partial charge on any atom is -0.277 e. The Morgan fingerprint density at radius 2 is 1.95 bits per heavy atom. The highest BCUT2D eigenvalue weighted by atomic mass is 32.2. The van der Waals surface area contributed by atoms with Crippen LogP contribution in [0.1, 0.15) is 32.6 Å². The molecule has 1 fully saturated rings. The summed E-state index contributed by atoms with van der Waals surface area (Å²) in [7, 11) is -2.29. The van der Waals surface area contributed by atoms with Crippen LogP contribution in [0.2, 0.25) is 0 Å². The van der Waals surface area contributed by atoms with Gasteiger partial charge in [-0.1, -0.05) is 13.8 Å². The minimum atomic E-state index is -3.68. The summed E-state index contributed by atoms with van der Waals surface area (Å²) in [6.07, 6.45) is 3.38. The summed E-state index contributed by atoms with van der Waals surface area (Å²) in [4.78, 5) is 3.82. The highest BCUT2D eigenvalue weighted by molar-refractivity contribution is 7.86. The standard InChI is InChI=1S/C13H22F2N4O2S/c1-10-6-11(2)8-18(7-10)22(20,21)17(3)9-12-16-4-5-19(12)13(14)15/h4-5,10-11,13H,6-9H2,1-3H3. The van der Waals surface area contributed by atoms with Crippen LogP contribution in [-0.2, 0) is 16.8 Å². The molecule has 2 heterocycles. The van der Waals surface area contributed by atoms with Crippen molar-refractivity contribution in [1.29, 1.82) is 0 Å². The molecule has 0 aromatic carbocycles. The molecule has 0 saturated carbocycles. The molecule has 2 rings (SSSR count). The minimum absolute atomic E-state index is 0.0270. The average Bonchev–Trinajstić information content (AvgIpc) is 2.85. The topological polar surface area (TPSA) is 58.4 Å². The van der Waals surface area contributed by atoms with Crippen LogP contribution in [0.25, 0.3) is 0 Å². The van der Waals surface area contributed by atoms with E-state index in [9.17, 15) is 17.2 Å². The highest BCUT2D eigenvalue weighted by Crippen LogP contribution is 2.25. The summed E-state index contributed by atoms with van der Waals surface area (Å²) in [6, 6.07) is 0. The number of nitrogens with zero attached hydrogens (tertiary/aromatic N) is 4. The first-order chi connectivity index (χ1) is 10.2. The van der Waals surface area contributed by atoms with E-state index in [4.69, 9.17) is 0 Å². The molecule has 2 atom stereocenters. The van der Waals surface area contributed by atoms with Crippen LogP contribution in [-0.4, -0.2) is 46.7 Å². The van der Waals surface area contributed by atoms with E-state index in [-0.39, 0.29) is 24.2 Å². The summed E-state index contributed by atoms with van der Waals surface area (Å²) >= 11 is 0. The molecule has 1 aromatic rings. The SMILES string of the molecule is CC1CC(C)CN(S(=O)(=O)N(C)Cc2nccn2C(F)F)C1. The lowest BCUT2D eigenvalue weighted by molar-refractivity contribution is 0.0656. The van der Waals surface area contributed by atoms with Gasteiger partial charge in [0.15, 0.2) is 0 Å². The summed E-state index contributed by atoms with van der Waals surface area (Å²) in [5, 5.41) is 0. The maximum atomic E-state index is 12.8. The lowest BCUT2D eigenvalue weighted by Crippen LogP contribution is -2.48. The van der Waals surface area contributed by atoms with Crippen molar-refractivity contribution in [1.82, 2.24) is 18.2 Å². The predicted octanol–water partition coefficient (Wildman–Crippen LogP) is 1.93. The fourth-order valence-corrected chi connectivity index (χ4v) is 4.47. The van der Waals surface area contributed by atoms with E-state index in [2.05, 4.69) is 4.98 Å². The summed E-state index contributed by atoms with van der Waals surface area (Å²) < 4.78 is 54.0. The van der Waals surface area contributed by atoms with Crippen LogP contribution in [0.4, 0.5) is 8.78 Å². The van der Waals surface area contributed by atoms with E-state index in [1.54, 1.807) is 0 Å². The van der Waals surface area contributed by atoms with Gasteiger partial charge in [0.1, 0.15) is 5.82 Å². The molecular weight excluding hydrogens is 314 g/mol. The Labute approximate surface area is 129 Å². The van der Waals surface area contributed by atoms with Crippen molar-refractivity contribution in [2.24, 2.45) is 11.8 Å². The van der Waals surface area contributed by atoms with Crippen molar-refractivity contribution in [2.45, 2.75) is 33.4 Å². The first kappa shape index (κ1) is 17.3. The molecule has 0 aliphatic carbocycles. The van der Waals surface area contributed by atoms with Gasteiger partial charge < -0.3 is 0 Å². The van der Waals surface area contributed by atoms with Gasteiger partial charge in [-0.3, -0.25) is 4.57 Å². The lowest BCUT2D eigenvalue weighted by atomic mass is 9.94. The Morgan fingerprint density at radius 1 is 1.36 bits per heavy atom. The van der Waals surface area contributed by atoms with Crippen LogP contribution in [0.5, 0.6) is 0 Å². The number of alkyl halides is 2. The fourth-order valence-electron chi connectivity index (χ4n) is 2.92. The number of hydrogen-bond donors (Lipinski definition) is 0. The molecule has 1 aromatic heterocycles. The van der Waals surface area contributed by atoms with Gasteiger partial charge in [0.05, 0.1) is 6.54 Å². The Hall–Kier alpha value is -1.06. The molecule has 2 unspecified atom stereocenters. The van der Waals surface area contributed by atoms with Crippen molar-refractivity contribution in [3.63, 3.8) is 0 Å². The van der Waals surface area contributed by atoms with Crippen LogP contribution < -0.4 is 0 Å². The Kier molecular flexibility index (Phi) is 5.18. The van der Waals surface area contributed by atoms with Crippen LogP contribution in [0.3, 0.4) is 0 Å². The largest absolute Gasteiger partial charge is 0.319 e. The van der Waals surface area contributed by atoms with E-state index in [1.165, 1.54) is 17.5 Å². The van der Waals surface area contributed by atoms with Gasteiger partial charge in [-0.05, 0) is 18.3 Å². The van der Waals surface area contributed by atoms with Crippen molar-refractivity contribution >= 4 is 10.2 Å². The van der Waals surface area contributed by atoms with E-state index in [0.29, 0.717) is 17.7 Å². The summed E-state index contributed by atoms with van der Waals surface area (Å²) in [5.41, 5.74) is 0. The molecule has 9 heteroatoms. The average molecular weight is 336 g/mol. The smallest absolute Gasteiger partial charge is 0.277 e. The van der Waals surface area contributed by atoms with Gasteiger partial charge in [-0.2, -0.15) is 25.8 Å². The number of halogens is 2. The van der Waals surface area contributed by atoms with E-state index in [0.717, 1.165) is 16.9 Å². The number of hydrogen-bond acceptors (Lipinski definition) is 3. The van der Waals surface area contributed by atoms with Gasteiger partial charge in [0.2, 0.25) is 0 Å². The first-order valence-corrected chi connectivity index (χ1v) is 8.62. The van der Waals surface area contributed by atoms with Gasteiger partial charge >= 0.3 is 6.55 Å². The van der Waals surface area contributed by atoms with Gasteiger partial charge in [-0.15, -0.1) is 0 Å². The molecule has 1 aliphatic rings. The second kappa shape index (κ2) is 6.59. The molecule has 22 heavy (non-hydrogen) atoms. The number of rotatable bonds is 5. The predicted molar refractivity (Wildman–Crippen MR) is 78.4 cm³/mol. The molecule has 0 amide bonds. The first-order valence-electron chi connectivity index (χ1n) is 7.23. The van der Waals surface area contributed by atoms with E-state index < -0.39 is 16.8 Å². The molecule has 0 N–H and O–H groups in total. The zero-order valence-corrected chi connectivity index (χ0v) is 13.8. The third-order valence-corrected chi connectivity index (χ3v) is 5.75. The lowest BCUT2D eigenvalue weighted by Gasteiger charge is -2.36. The molecule has 1 aliphatic heterocycles. The molecule has 1 saturated heterocycles. The van der Waals surface area contributed by atoms with Crippen molar-refractivity contribution in [3.05, 3.63) is 18.2 Å². The quantitative estimate of drug-likeness (QED) is 0.825. The Bertz CT molecular complexity index is 595. The monoisotopic (exact) mass is 336 g/mol. The maximum Gasteiger partial charge on any atom is 0.319 e.